The summed E-state index contributed by atoms with van der Waals surface area (Å²) < 4.78 is 66.9. The molecular formula is C31H28F4N10O2. The number of ether oxygens (including phenoxy) is 2. The third kappa shape index (κ3) is 6.58. The van der Waals surface area contributed by atoms with Gasteiger partial charge in [0, 0.05) is 56.2 Å². The predicted octanol–water partition coefficient (Wildman–Crippen LogP) is 4.33. The minimum atomic E-state index is -4.63. The highest BCUT2D eigenvalue weighted by Gasteiger charge is 2.35. The Bertz CT molecular complexity index is 1940. The summed E-state index contributed by atoms with van der Waals surface area (Å²) in [6.45, 7) is 4.64. The molecule has 1 aromatic carbocycles. The molecule has 6 heterocycles. The number of rotatable bonds is 9. The summed E-state index contributed by atoms with van der Waals surface area (Å²) in [6.07, 6.45) is -2.20. The van der Waals surface area contributed by atoms with Crippen LogP contribution >= 0.6 is 0 Å². The van der Waals surface area contributed by atoms with Crippen molar-refractivity contribution in [3.63, 3.8) is 0 Å². The van der Waals surface area contributed by atoms with Gasteiger partial charge in [-0.2, -0.15) is 23.4 Å². The second kappa shape index (κ2) is 12.6. The Hall–Kier alpha value is -5.14. The minimum Gasteiger partial charge on any atom is -0.473 e. The van der Waals surface area contributed by atoms with Crippen LogP contribution in [-0.4, -0.2) is 78.5 Å². The van der Waals surface area contributed by atoms with Gasteiger partial charge in [0.1, 0.15) is 29.6 Å². The number of H-pyrrole nitrogens is 1. The Kier molecular flexibility index (Phi) is 8.16. The number of hydrogen-bond donors (Lipinski definition) is 1. The normalized spacial score (nSPS) is 17.1. The quantitative estimate of drug-likeness (QED) is 0.230. The Morgan fingerprint density at radius 2 is 1.89 bits per heavy atom. The fourth-order valence-electron chi connectivity index (χ4n) is 5.53. The van der Waals surface area contributed by atoms with Crippen molar-refractivity contribution < 1.29 is 27.0 Å². The third-order valence-electron chi connectivity index (χ3n) is 8.20. The van der Waals surface area contributed by atoms with Crippen LogP contribution in [0.25, 0.3) is 22.6 Å². The first-order valence-electron chi connectivity index (χ1n) is 15.0. The topological polar surface area (TPSA) is 134 Å². The second-order valence-corrected chi connectivity index (χ2v) is 11.3. The zero-order chi connectivity index (χ0) is 32.5. The number of nitrogens with one attached hydrogen (secondary N) is 1. The van der Waals surface area contributed by atoms with Gasteiger partial charge in [0.05, 0.1) is 30.8 Å². The molecule has 242 valence electrons. The molecule has 0 saturated carbocycles. The van der Waals surface area contributed by atoms with Gasteiger partial charge in [-0.1, -0.05) is 12.1 Å². The Labute approximate surface area is 265 Å². The maximum absolute atomic E-state index is 14.3. The number of aromatic amines is 1. The molecule has 0 spiro atoms. The number of piperazine rings is 1. The lowest BCUT2D eigenvalue weighted by Gasteiger charge is -2.35. The van der Waals surface area contributed by atoms with E-state index in [-0.39, 0.29) is 24.1 Å². The molecule has 0 unspecified atom stereocenters. The van der Waals surface area contributed by atoms with E-state index in [0.29, 0.717) is 61.0 Å². The molecule has 16 heteroatoms. The fourth-order valence-corrected chi connectivity index (χ4v) is 5.53. The number of aromatic nitrogens is 7. The Balaban J connectivity index is 1.02. The molecule has 2 aliphatic rings. The summed E-state index contributed by atoms with van der Waals surface area (Å²) in [5.74, 6) is 0.183. The molecule has 2 saturated heterocycles. The van der Waals surface area contributed by atoms with E-state index in [1.807, 2.05) is 22.8 Å². The molecule has 0 amide bonds. The van der Waals surface area contributed by atoms with Crippen LogP contribution < -0.4 is 9.64 Å². The van der Waals surface area contributed by atoms with Crippen LogP contribution in [0.5, 0.6) is 5.88 Å². The van der Waals surface area contributed by atoms with E-state index in [1.54, 1.807) is 18.2 Å². The summed E-state index contributed by atoms with van der Waals surface area (Å²) in [5, 5.41) is 15.8. The average molecular weight is 649 g/mol. The molecule has 0 aliphatic carbocycles. The number of benzene rings is 1. The number of halogens is 4. The van der Waals surface area contributed by atoms with E-state index in [9.17, 15) is 17.6 Å². The molecule has 2 fully saturated rings. The van der Waals surface area contributed by atoms with Gasteiger partial charge in [-0.3, -0.25) is 4.90 Å². The van der Waals surface area contributed by atoms with Crippen molar-refractivity contribution in [2.75, 3.05) is 37.7 Å². The highest BCUT2D eigenvalue weighted by Crippen LogP contribution is 2.29. The SMILES string of the molecule is N#Cc1ccc(COc2cccc(N3CCN(Cc4nc5cc(-c6nnc(C(F)(F)F)[nH]6)cnc5n4C[C@@H]4CCO4)CC3)n2)c(F)c1. The van der Waals surface area contributed by atoms with Gasteiger partial charge in [0.2, 0.25) is 11.7 Å². The fraction of sp³-hybridized carbons (Fsp3) is 0.355. The molecule has 12 nitrogen and oxygen atoms in total. The van der Waals surface area contributed by atoms with Crippen molar-refractivity contribution in [1.82, 2.24) is 39.6 Å². The Morgan fingerprint density at radius 3 is 2.60 bits per heavy atom. The number of nitriles is 1. The molecule has 5 aromatic rings. The molecule has 47 heavy (non-hydrogen) atoms. The van der Waals surface area contributed by atoms with Crippen LogP contribution in [0.15, 0.2) is 48.7 Å². The molecular weight excluding hydrogens is 620 g/mol. The van der Waals surface area contributed by atoms with Crippen molar-refractivity contribution in [1.29, 1.82) is 5.26 Å². The number of imidazole rings is 1. The number of pyridine rings is 2. The van der Waals surface area contributed by atoms with Gasteiger partial charge in [-0.25, -0.2) is 14.4 Å². The first-order valence-corrected chi connectivity index (χ1v) is 15.0. The average Bonchev–Trinajstić information content (AvgIpc) is 3.68. The van der Waals surface area contributed by atoms with Gasteiger partial charge in [0.25, 0.3) is 0 Å². The highest BCUT2D eigenvalue weighted by atomic mass is 19.4. The van der Waals surface area contributed by atoms with E-state index in [1.165, 1.54) is 18.3 Å². The number of fused-ring (bicyclic) bond motifs is 1. The number of hydrogen-bond acceptors (Lipinski definition) is 10. The number of anilines is 1. The van der Waals surface area contributed by atoms with Gasteiger partial charge in [-0.15, -0.1) is 10.2 Å². The summed E-state index contributed by atoms with van der Waals surface area (Å²) in [5.41, 5.74) is 2.10. The maximum atomic E-state index is 14.3. The molecule has 1 atom stereocenters. The molecule has 7 rings (SSSR count). The lowest BCUT2D eigenvalue weighted by molar-refractivity contribution is -0.144. The van der Waals surface area contributed by atoms with Crippen LogP contribution in [0, 0.1) is 17.1 Å². The number of nitrogens with zero attached hydrogens (tertiary/aromatic N) is 9. The maximum Gasteiger partial charge on any atom is 0.451 e. The predicted molar refractivity (Wildman–Crippen MR) is 159 cm³/mol. The Morgan fingerprint density at radius 1 is 1.06 bits per heavy atom. The van der Waals surface area contributed by atoms with Gasteiger partial charge in [-0.05, 0) is 30.7 Å². The van der Waals surface area contributed by atoms with Gasteiger partial charge < -0.3 is 23.9 Å². The zero-order valence-electron chi connectivity index (χ0n) is 24.9. The van der Waals surface area contributed by atoms with E-state index in [0.717, 1.165) is 31.2 Å². The summed E-state index contributed by atoms with van der Waals surface area (Å²) in [4.78, 5) is 20.7. The first-order chi connectivity index (χ1) is 22.7. The van der Waals surface area contributed by atoms with Crippen molar-refractivity contribution in [3.05, 3.63) is 77.3 Å². The largest absolute Gasteiger partial charge is 0.473 e. The minimum absolute atomic E-state index is 0.0159. The molecule has 4 aromatic heterocycles. The molecule has 1 N–H and O–H groups in total. The van der Waals surface area contributed by atoms with Crippen LogP contribution in [-0.2, 0) is 30.6 Å². The van der Waals surface area contributed by atoms with Crippen molar-refractivity contribution in [2.24, 2.45) is 0 Å². The van der Waals surface area contributed by atoms with Crippen LogP contribution in [0.4, 0.5) is 23.4 Å². The van der Waals surface area contributed by atoms with Crippen LogP contribution in [0.2, 0.25) is 0 Å². The van der Waals surface area contributed by atoms with Gasteiger partial charge in [0.15, 0.2) is 11.5 Å². The van der Waals surface area contributed by atoms with Gasteiger partial charge >= 0.3 is 6.18 Å². The van der Waals surface area contributed by atoms with E-state index < -0.39 is 17.8 Å². The van der Waals surface area contributed by atoms with Crippen molar-refractivity contribution in [3.8, 4) is 23.3 Å². The smallest absolute Gasteiger partial charge is 0.451 e. The molecule has 0 bridgehead atoms. The highest BCUT2D eigenvalue weighted by molar-refractivity contribution is 5.77. The first kappa shape index (κ1) is 30.5. The van der Waals surface area contributed by atoms with E-state index in [2.05, 4.69) is 34.9 Å². The van der Waals surface area contributed by atoms with Crippen molar-refractivity contribution >= 4 is 17.0 Å². The number of alkyl halides is 3. The second-order valence-electron chi connectivity index (χ2n) is 11.3. The van der Waals surface area contributed by atoms with E-state index in [4.69, 9.17) is 19.7 Å². The third-order valence-corrected chi connectivity index (χ3v) is 8.20. The van der Waals surface area contributed by atoms with Crippen LogP contribution in [0.1, 0.15) is 29.2 Å². The lowest BCUT2D eigenvalue weighted by atomic mass is 10.1. The zero-order valence-corrected chi connectivity index (χ0v) is 24.9. The lowest BCUT2D eigenvalue weighted by Crippen LogP contribution is -2.46. The van der Waals surface area contributed by atoms with E-state index >= 15 is 0 Å². The monoisotopic (exact) mass is 648 g/mol. The van der Waals surface area contributed by atoms with Crippen molar-refractivity contribution in [2.45, 2.75) is 38.4 Å². The van der Waals surface area contributed by atoms with Crippen LogP contribution in [0.3, 0.4) is 0 Å². The summed E-state index contributed by atoms with van der Waals surface area (Å²) in [7, 11) is 0. The summed E-state index contributed by atoms with van der Waals surface area (Å²) >= 11 is 0. The molecule has 2 aliphatic heterocycles. The standard InChI is InChI=1S/C31H28F4N10O2/c32-23-12-19(14-36)4-5-20(23)18-47-27-3-1-2-25(39-27)44-9-7-43(8-10-44)17-26-38-24-13-21(28-40-30(42-41-28)31(33,34)35)15-37-29(24)45(26)16-22-6-11-46-22/h1-5,12-13,15,22H,6-11,16-18H2,(H,40,41,42)/t22-/m0/s1. The molecule has 0 radical (unpaired) electrons. The summed E-state index contributed by atoms with van der Waals surface area (Å²) in [6, 6.07) is 13.3.